The van der Waals surface area contributed by atoms with E-state index < -0.39 is 0 Å². The maximum atomic E-state index is 12.5. The third-order valence-corrected chi connectivity index (χ3v) is 5.02. The topological polar surface area (TPSA) is 66.4 Å². The fraction of sp³-hybridized carbons (Fsp3) is 0.600. The average molecular weight is 374 g/mol. The molecule has 2 saturated heterocycles. The van der Waals surface area contributed by atoms with Gasteiger partial charge in [-0.1, -0.05) is 18.2 Å². The van der Waals surface area contributed by atoms with E-state index in [4.69, 9.17) is 14.5 Å². The van der Waals surface area contributed by atoms with Crippen molar-refractivity contribution in [3.05, 3.63) is 29.8 Å². The normalized spacial score (nSPS) is 20.7. The molecule has 0 aromatic heterocycles. The Hall–Kier alpha value is -2.28. The molecule has 2 aliphatic rings. The van der Waals surface area contributed by atoms with Gasteiger partial charge in [0.05, 0.1) is 13.7 Å². The number of amides is 1. The van der Waals surface area contributed by atoms with E-state index >= 15 is 0 Å². The van der Waals surface area contributed by atoms with Crippen LogP contribution in [0.3, 0.4) is 0 Å². The van der Waals surface area contributed by atoms with Gasteiger partial charge in [0.15, 0.2) is 5.96 Å². The number of carbonyl (C=O) groups excluding carboxylic acids is 1. The fourth-order valence-corrected chi connectivity index (χ4v) is 3.53. The van der Waals surface area contributed by atoms with E-state index in [-0.39, 0.29) is 12.0 Å². The molecule has 3 rings (SSSR count). The third-order valence-electron chi connectivity index (χ3n) is 5.02. The van der Waals surface area contributed by atoms with Crippen LogP contribution in [0.1, 0.15) is 25.3 Å². The largest absolute Gasteiger partial charge is 0.496 e. The van der Waals surface area contributed by atoms with Gasteiger partial charge in [0, 0.05) is 44.9 Å². The molecule has 1 aromatic rings. The summed E-state index contributed by atoms with van der Waals surface area (Å²) in [5, 5.41) is 3.37. The number of carbonyl (C=O) groups is 1. The molecular formula is C20H30N4O3. The summed E-state index contributed by atoms with van der Waals surface area (Å²) in [6.45, 7) is 7.09. The van der Waals surface area contributed by atoms with Crippen LogP contribution >= 0.6 is 0 Å². The minimum Gasteiger partial charge on any atom is -0.496 e. The zero-order chi connectivity index (χ0) is 19.1. The van der Waals surface area contributed by atoms with Gasteiger partial charge < -0.3 is 24.6 Å². The lowest BCUT2D eigenvalue weighted by atomic mass is 10.2. The number of hydrogen-bond donors (Lipinski definition) is 1. The molecule has 1 aromatic carbocycles. The lowest BCUT2D eigenvalue weighted by Gasteiger charge is -2.37. The highest BCUT2D eigenvalue weighted by Crippen LogP contribution is 2.19. The summed E-state index contributed by atoms with van der Waals surface area (Å²) in [6.07, 6.45) is 1.60. The summed E-state index contributed by atoms with van der Waals surface area (Å²) < 4.78 is 11.0. The molecule has 1 N–H and O–H groups in total. The Labute approximate surface area is 161 Å². The molecule has 2 aliphatic heterocycles. The van der Waals surface area contributed by atoms with Crippen molar-refractivity contribution in [3.63, 3.8) is 0 Å². The molecule has 0 aliphatic carbocycles. The molecule has 1 amide bonds. The van der Waals surface area contributed by atoms with E-state index in [9.17, 15) is 4.79 Å². The number of rotatable bonds is 5. The number of aliphatic imine (C=N–C) groups is 1. The average Bonchev–Trinajstić information content (AvgIpc) is 3.26. The van der Waals surface area contributed by atoms with Gasteiger partial charge in [-0.2, -0.15) is 0 Å². The minimum absolute atomic E-state index is 0.142. The number of piperazine rings is 1. The van der Waals surface area contributed by atoms with Crippen molar-refractivity contribution in [2.24, 2.45) is 4.99 Å². The van der Waals surface area contributed by atoms with Crippen molar-refractivity contribution < 1.29 is 14.3 Å². The predicted molar refractivity (Wildman–Crippen MR) is 105 cm³/mol. The molecule has 0 radical (unpaired) electrons. The van der Waals surface area contributed by atoms with Gasteiger partial charge in [-0.25, -0.2) is 4.99 Å². The Morgan fingerprint density at radius 3 is 2.67 bits per heavy atom. The van der Waals surface area contributed by atoms with Crippen LogP contribution in [0, 0.1) is 0 Å². The number of hydrogen-bond acceptors (Lipinski definition) is 4. The molecule has 1 unspecified atom stereocenters. The third kappa shape index (κ3) is 4.91. The van der Waals surface area contributed by atoms with Gasteiger partial charge in [0.2, 0.25) is 0 Å². The lowest BCUT2D eigenvalue weighted by molar-refractivity contribution is -0.142. The Morgan fingerprint density at radius 2 is 2.00 bits per heavy atom. The smallest absolute Gasteiger partial charge is 0.251 e. The van der Waals surface area contributed by atoms with Crippen LogP contribution in [0.15, 0.2) is 29.3 Å². The molecule has 2 fully saturated rings. The standard InChI is InChI=1S/C20H30N4O3/c1-3-21-20(22-15-16-7-4-5-8-17(16)26-2)24-12-10-23(11-13-24)19(25)18-9-6-14-27-18/h4-5,7-8,18H,3,6,9-15H2,1-2H3,(H,21,22). The summed E-state index contributed by atoms with van der Waals surface area (Å²) in [5.74, 6) is 1.87. The van der Waals surface area contributed by atoms with Gasteiger partial charge in [-0.15, -0.1) is 0 Å². The van der Waals surface area contributed by atoms with E-state index in [1.54, 1.807) is 7.11 Å². The van der Waals surface area contributed by atoms with Crippen molar-refractivity contribution >= 4 is 11.9 Å². The number of benzene rings is 1. The summed E-state index contributed by atoms with van der Waals surface area (Å²) in [6, 6.07) is 7.94. The minimum atomic E-state index is -0.232. The Kier molecular flexibility index (Phi) is 6.92. The first-order valence-electron chi connectivity index (χ1n) is 9.78. The molecule has 0 saturated carbocycles. The van der Waals surface area contributed by atoms with Gasteiger partial charge in [-0.3, -0.25) is 4.79 Å². The summed E-state index contributed by atoms with van der Waals surface area (Å²) in [5.41, 5.74) is 1.06. The molecule has 0 bridgehead atoms. The molecule has 7 nitrogen and oxygen atoms in total. The van der Waals surface area contributed by atoms with Crippen molar-refractivity contribution in [3.8, 4) is 5.75 Å². The zero-order valence-corrected chi connectivity index (χ0v) is 16.3. The monoisotopic (exact) mass is 374 g/mol. The van der Waals surface area contributed by atoms with E-state index in [1.165, 1.54) is 0 Å². The molecule has 27 heavy (non-hydrogen) atoms. The maximum absolute atomic E-state index is 12.5. The number of guanidine groups is 1. The molecular weight excluding hydrogens is 344 g/mol. The first kappa shape index (κ1) is 19.5. The zero-order valence-electron chi connectivity index (χ0n) is 16.3. The molecule has 2 heterocycles. The highest BCUT2D eigenvalue weighted by molar-refractivity contribution is 5.82. The Morgan fingerprint density at radius 1 is 1.26 bits per heavy atom. The van der Waals surface area contributed by atoms with E-state index in [0.717, 1.165) is 49.7 Å². The summed E-state index contributed by atoms with van der Waals surface area (Å²) in [7, 11) is 1.68. The van der Waals surface area contributed by atoms with Gasteiger partial charge in [-0.05, 0) is 25.8 Å². The van der Waals surface area contributed by atoms with Crippen LogP contribution in [-0.4, -0.2) is 74.2 Å². The highest BCUT2D eigenvalue weighted by Gasteiger charge is 2.30. The van der Waals surface area contributed by atoms with Crippen molar-refractivity contribution in [2.45, 2.75) is 32.4 Å². The van der Waals surface area contributed by atoms with Crippen molar-refractivity contribution in [2.75, 3.05) is 46.4 Å². The molecule has 0 spiro atoms. The van der Waals surface area contributed by atoms with E-state index in [0.29, 0.717) is 26.2 Å². The Bertz CT molecular complexity index is 650. The first-order chi connectivity index (χ1) is 13.2. The van der Waals surface area contributed by atoms with E-state index in [2.05, 4.69) is 17.1 Å². The van der Waals surface area contributed by atoms with Crippen LogP contribution < -0.4 is 10.1 Å². The maximum Gasteiger partial charge on any atom is 0.251 e. The molecule has 1 atom stereocenters. The van der Waals surface area contributed by atoms with Gasteiger partial charge >= 0.3 is 0 Å². The van der Waals surface area contributed by atoms with Crippen molar-refractivity contribution in [1.82, 2.24) is 15.1 Å². The number of nitrogens with one attached hydrogen (secondary N) is 1. The first-order valence-corrected chi connectivity index (χ1v) is 9.78. The Balaban J connectivity index is 1.59. The number of methoxy groups -OCH3 is 1. The van der Waals surface area contributed by atoms with Crippen LogP contribution in [0.4, 0.5) is 0 Å². The summed E-state index contributed by atoms with van der Waals surface area (Å²) >= 11 is 0. The fourth-order valence-electron chi connectivity index (χ4n) is 3.53. The van der Waals surface area contributed by atoms with Crippen LogP contribution in [-0.2, 0) is 16.1 Å². The predicted octanol–water partition coefficient (Wildman–Crippen LogP) is 1.48. The number of nitrogens with zero attached hydrogens (tertiary/aromatic N) is 3. The second-order valence-electron chi connectivity index (χ2n) is 6.80. The molecule has 148 valence electrons. The van der Waals surface area contributed by atoms with Crippen LogP contribution in [0.25, 0.3) is 0 Å². The lowest BCUT2D eigenvalue weighted by Crippen LogP contribution is -2.55. The highest BCUT2D eigenvalue weighted by atomic mass is 16.5. The van der Waals surface area contributed by atoms with Crippen molar-refractivity contribution in [1.29, 1.82) is 0 Å². The van der Waals surface area contributed by atoms with Crippen LogP contribution in [0.5, 0.6) is 5.75 Å². The quantitative estimate of drug-likeness (QED) is 0.625. The second-order valence-corrected chi connectivity index (χ2v) is 6.80. The van der Waals surface area contributed by atoms with Gasteiger partial charge in [0.25, 0.3) is 5.91 Å². The molecule has 7 heteroatoms. The SMILES string of the molecule is CCNC(=NCc1ccccc1OC)N1CCN(C(=O)C2CCCO2)CC1. The van der Waals surface area contributed by atoms with Gasteiger partial charge in [0.1, 0.15) is 11.9 Å². The second kappa shape index (κ2) is 9.60. The number of ether oxygens (including phenoxy) is 2. The number of para-hydroxylation sites is 1. The summed E-state index contributed by atoms with van der Waals surface area (Å²) in [4.78, 5) is 21.4. The van der Waals surface area contributed by atoms with E-state index in [1.807, 2.05) is 29.2 Å². The van der Waals surface area contributed by atoms with Crippen LogP contribution in [0.2, 0.25) is 0 Å².